The molecule has 20 heavy (non-hydrogen) atoms. The van der Waals surface area contributed by atoms with Gasteiger partial charge < -0.3 is 10.1 Å². The maximum absolute atomic E-state index is 11.4. The molecule has 104 valence electrons. The molecule has 0 aliphatic rings. The fourth-order valence-electron chi connectivity index (χ4n) is 2.22. The number of carboxylic acid groups (broad SMARTS) is 1. The summed E-state index contributed by atoms with van der Waals surface area (Å²) in [6.45, 7) is 4.40. The number of rotatable bonds is 4. The summed E-state index contributed by atoms with van der Waals surface area (Å²) in [6, 6.07) is 7.58. The lowest BCUT2D eigenvalue weighted by Crippen LogP contribution is -2.32. The molecule has 0 saturated carbocycles. The Morgan fingerprint density at radius 1 is 1.50 bits per heavy atom. The van der Waals surface area contributed by atoms with Crippen molar-refractivity contribution in [3.63, 3.8) is 0 Å². The third-order valence-electron chi connectivity index (χ3n) is 3.11. The monoisotopic (exact) mass is 271 g/mol. The molecule has 0 radical (unpaired) electrons. The maximum atomic E-state index is 11.4. The third kappa shape index (κ3) is 2.75. The minimum atomic E-state index is -0.963. The Hall–Kier alpha value is -2.48. The van der Waals surface area contributed by atoms with Crippen LogP contribution in [0.5, 0.6) is 0 Å². The molecule has 2 rings (SSSR count). The number of hydrogen-bond acceptors (Lipinski definition) is 2. The van der Waals surface area contributed by atoms with Crippen molar-refractivity contribution in [2.45, 2.75) is 20.3 Å². The molecule has 0 fully saturated rings. The van der Waals surface area contributed by atoms with Gasteiger partial charge in [-0.25, -0.2) is 4.79 Å². The van der Waals surface area contributed by atoms with E-state index in [0.29, 0.717) is 18.7 Å². The number of H-pyrrole nitrogens is 1. The molecule has 2 aromatic rings. The van der Waals surface area contributed by atoms with Crippen molar-refractivity contribution in [1.29, 1.82) is 5.26 Å². The lowest BCUT2D eigenvalue weighted by atomic mass is 10.1. The van der Waals surface area contributed by atoms with E-state index < -0.39 is 6.09 Å². The summed E-state index contributed by atoms with van der Waals surface area (Å²) >= 11 is 0. The smallest absolute Gasteiger partial charge is 0.411 e. The molecule has 1 heterocycles. The average molecular weight is 271 g/mol. The van der Waals surface area contributed by atoms with Gasteiger partial charge in [0.05, 0.1) is 12.5 Å². The van der Waals surface area contributed by atoms with Gasteiger partial charge >= 0.3 is 6.09 Å². The second kappa shape index (κ2) is 5.66. The number of anilines is 1. The summed E-state index contributed by atoms with van der Waals surface area (Å²) < 4.78 is 0. The van der Waals surface area contributed by atoms with Crippen molar-refractivity contribution >= 4 is 22.7 Å². The Kier molecular flexibility index (Phi) is 3.94. The Balaban J connectivity index is 2.45. The van der Waals surface area contributed by atoms with Crippen molar-refractivity contribution in [3.05, 3.63) is 30.0 Å². The number of aromatic amines is 1. The predicted molar refractivity (Wildman–Crippen MR) is 77.8 cm³/mol. The van der Waals surface area contributed by atoms with Crippen LogP contribution in [-0.2, 0) is 6.42 Å². The Labute approximate surface area is 117 Å². The highest BCUT2D eigenvalue weighted by Crippen LogP contribution is 2.25. The molecule has 5 heteroatoms. The highest BCUT2D eigenvalue weighted by Gasteiger charge is 2.16. The molecule has 5 nitrogen and oxygen atoms in total. The van der Waals surface area contributed by atoms with Crippen molar-refractivity contribution in [2.24, 2.45) is 5.92 Å². The Bertz CT molecular complexity index is 667. The standard InChI is InChI=1S/C15H17N3O2/c1-10(2)9-18(15(19)20)12-3-4-14-13(7-12)11(5-6-16)8-17-14/h3-4,7-8,10,17H,5,9H2,1-2H3,(H,19,20). The van der Waals surface area contributed by atoms with E-state index in [1.54, 1.807) is 12.3 Å². The molecule has 1 amide bonds. The van der Waals surface area contributed by atoms with Gasteiger partial charge in [-0.1, -0.05) is 13.8 Å². The molecule has 1 aromatic carbocycles. The lowest BCUT2D eigenvalue weighted by Gasteiger charge is -2.21. The molecule has 0 atom stereocenters. The molecular weight excluding hydrogens is 254 g/mol. The van der Waals surface area contributed by atoms with E-state index in [0.717, 1.165) is 16.5 Å². The molecule has 0 aliphatic carbocycles. The number of nitriles is 1. The first-order valence-corrected chi connectivity index (χ1v) is 6.50. The highest BCUT2D eigenvalue weighted by atomic mass is 16.4. The molecule has 0 aliphatic heterocycles. The van der Waals surface area contributed by atoms with E-state index in [9.17, 15) is 9.90 Å². The predicted octanol–water partition coefficient (Wildman–Crippen LogP) is 3.37. The first-order chi connectivity index (χ1) is 9.52. The second-order valence-corrected chi connectivity index (χ2v) is 5.17. The number of amides is 1. The van der Waals surface area contributed by atoms with Gasteiger partial charge in [0.2, 0.25) is 0 Å². The van der Waals surface area contributed by atoms with Gasteiger partial charge in [0.15, 0.2) is 0 Å². The summed E-state index contributed by atoms with van der Waals surface area (Å²) in [4.78, 5) is 15.8. The van der Waals surface area contributed by atoms with Crippen molar-refractivity contribution in [1.82, 2.24) is 4.98 Å². The highest BCUT2D eigenvalue weighted by molar-refractivity contribution is 5.92. The average Bonchev–Trinajstić information content (AvgIpc) is 2.78. The normalized spacial score (nSPS) is 10.7. The van der Waals surface area contributed by atoms with Gasteiger partial charge in [0.25, 0.3) is 0 Å². The van der Waals surface area contributed by atoms with E-state index in [-0.39, 0.29) is 5.92 Å². The number of fused-ring (bicyclic) bond motifs is 1. The van der Waals surface area contributed by atoms with Crippen LogP contribution < -0.4 is 4.90 Å². The van der Waals surface area contributed by atoms with E-state index in [2.05, 4.69) is 11.1 Å². The van der Waals surface area contributed by atoms with Crippen LogP contribution >= 0.6 is 0 Å². The lowest BCUT2D eigenvalue weighted by molar-refractivity contribution is 0.201. The topological polar surface area (TPSA) is 80.1 Å². The third-order valence-corrected chi connectivity index (χ3v) is 3.11. The van der Waals surface area contributed by atoms with Crippen molar-refractivity contribution < 1.29 is 9.90 Å². The second-order valence-electron chi connectivity index (χ2n) is 5.17. The number of hydrogen-bond donors (Lipinski definition) is 2. The molecule has 1 aromatic heterocycles. The van der Waals surface area contributed by atoms with Crippen molar-refractivity contribution in [3.8, 4) is 6.07 Å². The van der Waals surface area contributed by atoms with Gasteiger partial charge in [-0.15, -0.1) is 0 Å². The van der Waals surface area contributed by atoms with Gasteiger partial charge in [-0.05, 0) is 29.7 Å². The number of carbonyl (C=O) groups is 1. The quantitative estimate of drug-likeness (QED) is 0.894. The molecule has 2 N–H and O–H groups in total. The van der Waals surface area contributed by atoms with Crippen LogP contribution in [0.3, 0.4) is 0 Å². The molecule has 0 bridgehead atoms. The summed E-state index contributed by atoms with van der Waals surface area (Å²) in [6.07, 6.45) is 1.14. The van der Waals surface area contributed by atoms with Crippen LogP contribution in [0, 0.1) is 17.2 Å². The van der Waals surface area contributed by atoms with E-state index in [4.69, 9.17) is 5.26 Å². The minimum Gasteiger partial charge on any atom is -0.465 e. The zero-order chi connectivity index (χ0) is 14.7. The van der Waals surface area contributed by atoms with Crippen LogP contribution in [-0.4, -0.2) is 22.7 Å². The van der Waals surface area contributed by atoms with Crippen LogP contribution in [0.1, 0.15) is 19.4 Å². The first kappa shape index (κ1) is 13.9. The van der Waals surface area contributed by atoms with Crippen LogP contribution in [0.25, 0.3) is 10.9 Å². The van der Waals surface area contributed by atoms with E-state index in [1.165, 1.54) is 4.90 Å². The van der Waals surface area contributed by atoms with Crippen LogP contribution in [0.15, 0.2) is 24.4 Å². The van der Waals surface area contributed by atoms with Crippen LogP contribution in [0.4, 0.5) is 10.5 Å². The maximum Gasteiger partial charge on any atom is 0.411 e. The Morgan fingerprint density at radius 2 is 2.25 bits per heavy atom. The van der Waals surface area contributed by atoms with Gasteiger partial charge in [-0.2, -0.15) is 5.26 Å². The zero-order valence-corrected chi connectivity index (χ0v) is 11.6. The molecule has 0 saturated heterocycles. The number of benzene rings is 1. The van der Waals surface area contributed by atoms with Crippen LogP contribution in [0.2, 0.25) is 0 Å². The van der Waals surface area contributed by atoms with Gasteiger partial charge in [0.1, 0.15) is 0 Å². The number of nitrogens with one attached hydrogen (secondary N) is 1. The summed E-state index contributed by atoms with van der Waals surface area (Å²) in [7, 11) is 0. The van der Waals surface area contributed by atoms with Crippen molar-refractivity contribution in [2.75, 3.05) is 11.4 Å². The zero-order valence-electron chi connectivity index (χ0n) is 11.6. The fourth-order valence-corrected chi connectivity index (χ4v) is 2.22. The number of aromatic nitrogens is 1. The molecular formula is C15H17N3O2. The SMILES string of the molecule is CC(C)CN(C(=O)O)c1ccc2[nH]cc(CC#N)c2c1. The van der Waals surface area contributed by atoms with E-state index in [1.807, 2.05) is 26.0 Å². The van der Waals surface area contributed by atoms with Gasteiger partial charge in [0, 0.05) is 29.3 Å². The minimum absolute atomic E-state index is 0.242. The molecule has 0 unspecified atom stereocenters. The largest absolute Gasteiger partial charge is 0.465 e. The number of nitrogens with zero attached hydrogens (tertiary/aromatic N) is 2. The molecule has 0 spiro atoms. The summed E-state index contributed by atoms with van der Waals surface area (Å²) in [5.74, 6) is 0.242. The first-order valence-electron chi connectivity index (χ1n) is 6.50. The van der Waals surface area contributed by atoms with E-state index >= 15 is 0 Å². The summed E-state index contributed by atoms with van der Waals surface area (Å²) in [5.41, 5.74) is 2.44. The van der Waals surface area contributed by atoms with Gasteiger partial charge in [-0.3, -0.25) is 4.90 Å². The summed E-state index contributed by atoms with van der Waals surface area (Å²) in [5, 5.41) is 19.1. The fraction of sp³-hybridized carbons (Fsp3) is 0.333. The Morgan fingerprint density at radius 3 is 2.85 bits per heavy atom.